The third-order valence-corrected chi connectivity index (χ3v) is 5.28. The molecule has 0 N–H and O–H groups in total. The summed E-state index contributed by atoms with van der Waals surface area (Å²) in [5.74, 6) is 0.101. The van der Waals surface area contributed by atoms with Gasteiger partial charge in [0, 0.05) is 28.6 Å². The molecule has 0 spiro atoms. The van der Waals surface area contributed by atoms with Crippen LogP contribution in [0.3, 0.4) is 0 Å². The minimum absolute atomic E-state index is 0.0471. The number of halogens is 2. The minimum atomic E-state index is -3.01. The van der Waals surface area contributed by atoms with Crippen LogP contribution in [-0.4, -0.2) is 25.7 Å². The molecular weight excluding hydrogens is 307 g/mol. The van der Waals surface area contributed by atoms with Crippen molar-refractivity contribution < 1.29 is 13.2 Å². The van der Waals surface area contributed by atoms with Crippen LogP contribution in [0.2, 0.25) is 10.0 Å². The van der Waals surface area contributed by atoms with Crippen molar-refractivity contribution in [2.24, 2.45) is 0 Å². The Morgan fingerprint density at radius 2 is 1.79 bits per heavy atom. The number of Topliss-reactive ketones (excluding diaryl/α,β-unsaturated/α-hetero) is 1. The molecule has 0 aliphatic heterocycles. The van der Waals surface area contributed by atoms with Crippen LogP contribution < -0.4 is 0 Å². The van der Waals surface area contributed by atoms with Gasteiger partial charge in [0.15, 0.2) is 0 Å². The molecule has 0 aliphatic rings. The third-order valence-electron chi connectivity index (χ3n) is 2.79. The van der Waals surface area contributed by atoms with Crippen LogP contribution in [0.4, 0.5) is 0 Å². The van der Waals surface area contributed by atoms with Gasteiger partial charge in [-0.3, -0.25) is 4.79 Å². The van der Waals surface area contributed by atoms with E-state index in [1.54, 1.807) is 25.1 Å². The second kappa shape index (κ2) is 7.27. The highest BCUT2D eigenvalue weighted by atomic mass is 35.5. The van der Waals surface area contributed by atoms with Crippen molar-refractivity contribution in [3.05, 3.63) is 33.8 Å². The lowest BCUT2D eigenvalue weighted by Crippen LogP contribution is -2.11. The minimum Gasteiger partial charge on any atom is -0.299 e. The second-order valence-electron chi connectivity index (χ2n) is 4.26. The predicted molar refractivity (Wildman–Crippen MR) is 78.7 cm³/mol. The Hall–Kier alpha value is -0.580. The van der Waals surface area contributed by atoms with E-state index in [0.29, 0.717) is 22.0 Å². The van der Waals surface area contributed by atoms with Gasteiger partial charge in [0.2, 0.25) is 0 Å². The Bertz CT molecular complexity index is 533. The maximum Gasteiger partial charge on any atom is 0.150 e. The standard InChI is InChI=1S/C13H16Cl2O3S/c1-2-19(17,18)8-4-5-10(16)9-11-12(14)6-3-7-13(11)15/h3,6-7H,2,4-5,8-9H2,1H3. The number of ketones is 1. The Morgan fingerprint density at radius 1 is 1.21 bits per heavy atom. The molecule has 1 aromatic carbocycles. The van der Waals surface area contributed by atoms with E-state index in [1.807, 2.05) is 0 Å². The molecule has 19 heavy (non-hydrogen) atoms. The molecule has 1 aromatic rings. The van der Waals surface area contributed by atoms with Crippen molar-refractivity contribution >= 4 is 38.8 Å². The highest BCUT2D eigenvalue weighted by Crippen LogP contribution is 2.25. The highest BCUT2D eigenvalue weighted by molar-refractivity contribution is 7.91. The summed E-state index contributed by atoms with van der Waals surface area (Å²) in [6, 6.07) is 5.07. The number of hydrogen-bond donors (Lipinski definition) is 0. The lowest BCUT2D eigenvalue weighted by atomic mass is 10.1. The molecule has 0 aromatic heterocycles. The first-order valence-corrected chi connectivity index (χ1v) is 8.58. The molecule has 0 unspecified atom stereocenters. The predicted octanol–water partition coefficient (Wildman–Crippen LogP) is 3.32. The van der Waals surface area contributed by atoms with Crippen LogP contribution in [0, 0.1) is 0 Å². The van der Waals surface area contributed by atoms with Gasteiger partial charge in [0.25, 0.3) is 0 Å². The van der Waals surface area contributed by atoms with E-state index < -0.39 is 9.84 Å². The fourth-order valence-electron chi connectivity index (χ4n) is 1.62. The van der Waals surface area contributed by atoms with E-state index in [4.69, 9.17) is 23.2 Å². The first-order chi connectivity index (χ1) is 8.85. The lowest BCUT2D eigenvalue weighted by molar-refractivity contribution is -0.118. The molecule has 6 heteroatoms. The Kier molecular flexibility index (Phi) is 6.30. The summed E-state index contributed by atoms with van der Waals surface area (Å²) in [5.41, 5.74) is 0.606. The molecule has 0 amide bonds. The summed E-state index contributed by atoms with van der Waals surface area (Å²) in [6.45, 7) is 1.60. The zero-order chi connectivity index (χ0) is 14.5. The molecule has 0 radical (unpaired) electrons. The van der Waals surface area contributed by atoms with Crippen LogP contribution in [0.1, 0.15) is 25.3 Å². The van der Waals surface area contributed by atoms with E-state index in [-0.39, 0.29) is 30.1 Å². The van der Waals surface area contributed by atoms with Crippen LogP contribution in [-0.2, 0) is 21.1 Å². The van der Waals surface area contributed by atoms with E-state index >= 15 is 0 Å². The molecule has 106 valence electrons. The maximum atomic E-state index is 11.8. The number of rotatable bonds is 7. The van der Waals surface area contributed by atoms with Gasteiger partial charge in [-0.2, -0.15) is 0 Å². The van der Waals surface area contributed by atoms with E-state index in [1.165, 1.54) is 0 Å². The first-order valence-electron chi connectivity index (χ1n) is 6.00. The van der Waals surface area contributed by atoms with Crippen LogP contribution in [0.25, 0.3) is 0 Å². The summed E-state index contributed by atoms with van der Waals surface area (Å²) in [6.07, 6.45) is 0.711. The van der Waals surface area contributed by atoms with E-state index in [0.717, 1.165) is 0 Å². The average Bonchev–Trinajstić information content (AvgIpc) is 2.34. The van der Waals surface area contributed by atoms with Crippen LogP contribution in [0.5, 0.6) is 0 Å². The van der Waals surface area contributed by atoms with E-state index in [9.17, 15) is 13.2 Å². The molecule has 3 nitrogen and oxygen atoms in total. The first kappa shape index (κ1) is 16.5. The van der Waals surface area contributed by atoms with Gasteiger partial charge in [-0.1, -0.05) is 36.2 Å². The van der Waals surface area contributed by atoms with Crippen molar-refractivity contribution in [3.8, 4) is 0 Å². The molecule has 0 atom stereocenters. The van der Waals surface area contributed by atoms with E-state index in [2.05, 4.69) is 0 Å². The van der Waals surface area contributed by atoms with Crippen LogP contribution >= 0.6 is 23.2 Å². The summed E-state index contributed by atoms with van der Waals surface area (Å²) >= 11 is 11.9. The number of sulfone groups is 1. The largest absolute Gasteiger partial charge is 0.299 e. The summed E-state index contributed by atoms with van der Waals surface area (Å²) in [7, 11) is -3.01. The Morgan fingerprint density at radius 3 is 2.32 bits per heavy atom. The van der Waals surface area contributed by atoms with Crippen molar-refractivity contribution in [3.63, 3.8) is 0 Å². The number of carbonyl (C=O) groups excluding carboxylic acids is 1. The average molecular weight is 323 g/mol. The molecule has 0 heterocycles. The lowest BCUT2D eigenvalue weighted by Gasteiger charge is -2.06. The third kappa shape index (κ3) is 5.51. The maximum absolute atomic E-state index is 11.8. The van der Waals surface area contributed by atoms with Gasteiger partial charge < -0.3 is 0 Å². The Labute approximate surface area is 123 Å². The topological polar surface area (TPSA) is 51.2 Å². The fourth-order valence-corrected chi connectivity index (χ4v) is 3.02. The summed E-state index contributed by atoms with van der Waals surface area (Å²) in [5, 5.41) is 0.920. The SMILES string of the molecule is CCS(=O)(=O)CCCC(=O)Cc1c(Cl)cccc1Cl. The van der Waals surface area contributed by atoms with Gasteiger partial charge >= 0.3 is 0 Å². The molecule has 0 bridgehead atoms. The number of hydrogen-bond acceptors (Lipinski definition) is 3. The fraction of sp³-hybridized carbons (Fsp3) is 0.462. The number of carbonyl (C=O) groups is 1. The highest BCUT2D eigenvalue weighted by Gasteiger charge is 2.13. The molecule has 0 fully saturated rings. The monoisotopic (exact) mass is 322 g/mol. The molecule has 1 rings (SSSR count). The molecule has 0 saturated carbocycles. The number of benzene rings is 1. The van der Waals surface area contributed by atoms with Gasteiger partial charge in [-0.25, -0.2) is 8.42 Å². The zero-order valence-corrected chi connectivity index (χ0v) is 13.0. The molecule has 0 saturated heterocycles. The van der Waals surface area contributed by atoms with Crippen molar-refractivity contribution in [1.29, 1.82) is 0 Å². The van der Waals surface area contributed by atoms with Crippen molar-refractivity contribution in [2.75, 3.05) is 11.5 Å². The molecule has 0 aliphatic carbocycles. The quantitative estimate of drug-likeness (QED) is 0.773. The molecular formula is C13H16Cl2O3S. The van der Waals surface area contributed by atoms with Crippen molar-refractivity contribution in [2.45, 2.75) is 26.2 Å². The normalized spacial score (nSPS) is 11.5. The van der Waals surface area contributed by atoms with Gasteiger partial charge in [-0.05, 0) is 24.1 Å². The van der Waals surface area contributed by atoms with Gasteiger partial charge in [0.1, 0.15) is 15.6 Å². The summed E-state index contributed by atoms with van der Waals surface area (Å²) < 4.78 is 22.6. The smallest absolute Gasteiger partial charge is 0.150 e. The summed E-state index contributed by atoms with van der Waals surface area (Å²) in [4.78, 5) is 11.8. The van der Waals surface area contributed by atoms with Crippen molar-refractivity contribution in [1.82, 2.24) is 0 Å². The van der Waals surface area contributed by atoms with Crippen LogP contribution in [0.15, 0.2) is 18.2 Å². The zero-order valence-electron chi connectivity index (χ0n) is 10.7. The van der Waals surface area contributed by atoms with Gasteiger partial charge in [0.05, 0.1) is 5.75 Å². The second-order valence-corrected chi connectivity index (χ2v) is 7.54. The van der Waals surface area contributed by atoms with Gasteiger partial charge in [-0.15, -0.1) is 0 Å². The Balaban J connectivity index is 2.53.